The molecular weight excluding hydrogens is 190 g/mol. The number of nitrogens with zero attached hydrogens (tertiary/aromatic N) is 3. The minimum Gasteiger partial charge on any atom is -0.384 e. The van der Waals surface area contributed by atoms with Crippen molar-refractivity contribution in [3.8, 4) is 6.07 Å². The van der Waals surface area contributed by atoms with E-state index in [0.29, 0.717) is 5.70 Å². The highest BCUT2D eigenvalue weighted by Crippen LogP contribution is 2.22. The number of hydrogen-bond acceptors (Lipinski definition) is 3. The van der Waals surface area contributed by atoms with Crippen LogP contribution in [0.15, 0.2) is 12.1 Å². The topological polar surface area (TPSA) is 61.8 Å². The first-order chi connectivity index (χ1) is 6.86. The van der Waals surface area contributed by atoms with Crippen LogP contribution in [0.1, 0.15) is 25.2 Å². The number of rotatable bonds is 2. The number of hydrogen-bond donors (Lipinski definition) is 1. The lowest BCUT2D eigenvalue weighted by molar-refractivity contribution is 0.136. The van der Waals surface area contributed by atoms with E-state index in [1.807, 2.05) is 26.0 Å². The summed E-state index contributed by atoms with van der Waals surface area (Å²) in [6.07, 6.45) is 1.32. The fraction of sp³-hybridized carbons (Fsp3) is 0.455. The van der Waals surface area contributed by atoms with E-state index in [1.165, 1.54) is 6.08 Å². The maximum absolute atomic E-state index is 9.92. The van der Waals surface area contributed by atoms with Gasteiger partial charge < -0.3 is 5.11 Å². The summed E-state index contributed by atoms with van der Waals surface area (Å²) < 4.78 is 1.60. The Balaban J connectivity index is 3.31. The predicted molar refractivity (Wildman–Crippen MR) is 57.9 cm³/mol. The van der Waals surface area contributed by atoms with E-state index >= 15 is 0 Å². The first-order valence-electron chi connectivity index (χ1n) is 4.72. The van der Waals surface area contributed by atoms with Crippen molar-refractivity contribution >= 4 is 5.70 Å². The molecule has 0 unspecified atom stereocenters. The van der Waals surface area contributed by atoms with Crippen molar-refractivity contribution in [2.24, 2.45) is 0 Å². The van der Waals surface area contributed by atoms with Crippen LogP contribution in [-0.4, -0.2) is 20.5 Å². The van der Waals surface area contributed by atoms with Crippen LogP contribution in [-0.2, 0) is 0 Å². The monoisotopic (exact) mass is 205 g/mol. The summed E-state index contributed by atoms with van der Waals surface area (Å²) in [4.78, 5) is 0. The molecule has 0 bridgehead atoms. The Labute approximate surface area is 89.5 Å². The molecule has 0 spiro atoms. The van der Waals surface area contributed by atoms with Gasteiger partial charge in [-0.05, 0) is 33.8 Å². The summed E-state index contributed by atoms with van der Waals surface area (Å²) in [6, 6.07) is 3.83. The molecule has 0 fully saturated rings. The third-order valence-corrected chi connectivity index (χ3v) is 2.07. The number of aryl methyl sites for hydroxylation is 2. The minimum absolute atomic E-state index is 0.482. The number of allylic oxidation sites excluding steroid dienone is 1. The predicted octanol–water partition coefficient (Wildman–Crippen LogP) is 1.64. The van der Waals surface area contributed by atoms with Crippen LogP contribution in [0.2, 0.25) is 0 Å². The van der Waals surface area contributed by atoms with Gasteiger partial charge in [0.25, 0.3) is 0 Å². The molecule has 1 N–H and O–H groups in total. The second-order valence-corrected chi connectivity index (χ2v) is 4.06. The van der Waals surface area contributed by atoms with Crippen LogP contribution in [0.5, 0.6) is 0 Å². The zero-order chi connectivity index (χ0) is 11.6. The molecule has 1 aromatic rings. The molecule has 0 aliphatic carbocycles. The molecule has 4 nitrogen and oxygen atoms in total. The lowest BCUT2D eigenvalue weighted by Gasteiger charge is -2.21. The molecule has 1 heterocycles. The third kappa shape index (κ3) is 2.45. The molecule has 0 aliphatic heterocycles. The molecule has 1 aromatic heterocycles. The van der Waals surface area contributed by atoms with Crippen LogP contribution in [0.25, 0.3) is 5.70 Å². The Kier molecular flexibility index (Phi) is 2.96. The van der Waals surface area contributed by atoms with E-state index in [4.69, 9.17) is 5.26 Å². The van der Waals surface area contributed by atoms with Gasteiger partial charge in [-0.1, -0.05) is 0 Å². The highest BCUT2D eigenvalue weighted by molar-refractivity contribution is 5.56. The smallest absolute Gasteiger partial charge is 0.102 e. The van der Waals surface area contributed by atoms with E-state index in [-0.39, 0.29) is 0 Å². The van der Waals surface area contributed by atoms with Crippen molar-refractivity contribution in [1.82, 2.24) is 9.78 Å². The normalized spacial score (nSPS) is 12.7. The molecule has 0 saturated carbocycles. The van der Waals surface area contributed by atoms with Gasteiger partial charge in [-0.25, -0.2) is 4.68 Å². The Morgan fingerprint density at radius 2 is 2.20 bits per heavy atom. The van der Waals surface area contributed by atoms with Gasteiger partial charge in [-0.15, -0.1) is 0 Å². The zero-order valence-corrected chi connectivity index (χ0v) is 9.44. The van der Waals surface area contributed by atoms with E-state index in [0.717, 1.165) is 11.4 Å². The standard InChI is InChI=1S/C11H15N3O/c1-8-7-9(2)14(13-8)10(5-6-12)11(3,4)15/h5,7,15H,1-4H3/b10-5-. The minimum atomic E-state index is -1.08. The summed E-state index contributed by atoms with van der Waals surface area (Å²) >= 11 is 0. The summed E-state index contributed by atoms with van der Waals surface area (Å²) in [6.45, 7) is 7.02. The summed E-state index contributed by atoms with van der Waals surface area (Å²) in [7, 11) is 0. The van der Waals surface area contributed by atoms with Gasteiger partial charge in [0.05, 0.1) is 17.5 Å². The van der Waals surface area contributed by atoms with Crippen molar-refractivity contribution in [3.05, 3.63) is 23.5 Å². The molecule has 0 radical (unpaired) electrons. The Morgan fingerprint density at radius 1 is 1.60 bits per heavy atom. The molecule has 80 valence electrons. The van der Waals surface area contributed by atoms with Gasteiger partial charge >= 0.3 is 0 Å². The first-order valence-corrected chi connectivity index (χ1v) is 4.72. The van der Waals surface area contributed by atoms with Gasteiger partial charge in [0.15, 0.2) is 0 Å². The SMILES string of the molecule is Cc1cc(C)n(/C(=C\C#N)C(C)(C)O)n1. The van der Waals surface area contributed by atoms with Gasteiger partial charge in [-0.2, -0.15) is 10.4 Å². The Morgan fingerprint density at radius 3 is 2.53 bits per heavy atom. The van der Waals surface area contributed by atoms with E-state index in [1.54, 1.807) is 18.5 Å². The van der Waals surface area contributed by atoms with Crippen molar-refractivity contribution in [2.45, 2.75) is 33.3 Å². The van der Waals surface area contributed by atoms with Crippen molar-refractivity contribution in [3.63, 3.8) is 0 Å². The fourth-order valence-corrected chi connectivity index (χ4v) is 1.43. The molecule has 4 heteroatoms. The first kappa shape index (κ1) is 11.5. The largest absolute Gasteiger partial charge is 0.384 e. The maximum atomic E-state index is 9.92. The Bertz CT molecular complexity index is 430. The van der Waals surface area contributed by atoms with Gasteiger partial charge in [0.1, 0.15) is 5.60 Å². The molecule has 0 saturated heterocycles. The Hall–Kier alpha value is -1.60. The van der Waals surface area contributed by atoms with Crippen molar-refractivity contribution in [2.75, 3.05) is 0 Å². The molecular formula is C11H15N3O. The second kappa shape index (κ2) is 3.87. The highest BCUT2D eigenvalue weighted by atomic mass is 16.3. The van der Waals surface area contributed by atoms with E-state index in [2.05, 4.69) is 5.10 Å². The van der Waals surface area contributed by atoms with Gasteiger partial charge in [-0.3, -0.25) is 0 Å². The molecule has 0 aromatic carbocycles. The second-order valence-electron chi connectivity index (χ2n) is 4.06. The molecule has 0 amide bonds. The van der Waals surface area contributed by atoms with E-state index < -0.39 is 5.60 Å². The summed E-state index contributed by atoms with van der Waals surface area (Å²) in [5.41, 5.74) is 1.16. The highest BCUT2D eigenvalue weighted by Gasteiger charge is 2.23. The fourth-order valence-electron chi connectivity index (χ4n) is 1.43. The molecule has 0 aliphatic rings. The summed E-state index contributed by atoms with van der Waals surface area (Å²) in [5, 5.41) is 22.8. The quantitative estimate of drug-likeness (QED) is 0.746. The lowest BCUT2D eigenvalue weighted by atomic mass is 10.1. The third-order valence-electron chi connectivity index (χ3n) is 2.07. The molecule has 15 heavy (non-hydrogen) atoms. The molecule has 0 atom stereocenters. The average molecular weight is 205 g/mol. The van der Waals surface area contributed by atoms with Crippen molar-refractivity contribution < 1.29 is 5.11 Å². The lowest BCUT2D eigenvalue weighted by Crippen LogP contribution is -2.26. The number of aliphatic hydroxyl groups is 1. The van der Waals surface area contributed by atoms with Crippen LogP contribution in [0.3, 0.4) is 0 Å². The van der Waals surface area contributed by atoms with Crippen LogP contribution in [0, 0.1) is 25.2 Å². The number of nitriles is 1. The molecule has 1 rings (SSSR count). The van der Waals surface area contributed by atoms with Crippen LogP contribution in [0.4, 0.5) is 0 Å². The van der Waals surface area contributed by atoms with Gasteiger partial charge in [0.2, 0.25) is 0 Å². The average Bonchev–Trinajstić information content (AvgIpc) is 2.39. The maximum Gasteiger partial charge on any atom is 0.102 e. The zero-order valence-electron chi connectivity index (χ0n) is 9.44. The van der Waals surface area contributed by atoms with E-state index in [9.17, 15) is 5.11 Å². The van der Waals surface area contributed by atoms with Gasteiger partial charge in [0, 0.05) is 11.8 Å². The summed E-state index contributed by atoms with van der Waals surface area (Å²) in [5.74, 6) is 0. The van der Waals surface area contributed by atoms with Crippen LogP contribution < -0.4 is 0 Å². The van der Waals surface area contributed by atoms with Crippen molar-refractivity contribution in [1.29, 1.82) is 5.26 Å². The van der Waals surface area contributed by atoms with Crippen LogP contribution >= 0.6 is 0 Å². The number of aromatic nitrogens is 2.